The number of fused-ring (bicyclic) bond motifs is 1. The Hall–Kier alpha value is -2.66. The highest BCUT2D eigenvalue weighted by Crippen LogP contribution is 2.32. The Labute approximate surface area is 163 Å². The van der Waals surface area contributed by atoms with E-state index in [4.69, 9.17) is 21.1 Å². The topological polar surface area (TPSA) is 63.3 Å². The van der Waals surface area contributed by atoms with Gasteiger partial charge in [0.25, 0.3) is 5.91 Å². The van der Waals surface area contributed by atoms with Crippen LogP contribution in [0.1, 0.15) is 19.4 Å². The van der Waals surface area contributed by atoms with Gasteiger partial charge in [0, 0.05) is 34.1 Å². The fourth-order valence-electron chi connectivity index (χ4n) is 2.93. The highest BCUT2D eigenvalue weighted by atomic mass is 35.5. The predicted octanol–water partition coefficient (Wildman–Crippen LogP) is 4.30. The lowest BCUT2D eigenvalue weighted by molar-refractivity contribution is -0.123. The van der Waals surface area contributed by atoms with Gasteiger partial charge in [0.1, 0.15) is 11.5 Å². The van der Waals surface area contributed by atoms with Gasteiger partial charge in [0.15, 0.2) is 6.61 Å². The Morgan fingerprint density at radius 1 is 1.15 bits per heavy atom. The van der Waals surface area contributed by atoms with Crippen LogP contribution in [-0.4, -0.2) is 31.2 Å². The normalized spacial score (nSPS) is 11.4. The summed E-state index contributed by atoms with van der Waals surface area (Å²) in [6, 6.07) is 12.8. The average molecular weight is 387 g/mol. The van der Waals surface area contributed by atoms with E-state index in [2.05, 4.69) is 24.1 Å². The van der Waals surface area contributed by atoms with Gasteiger partial charge < -0.3 is 19.8 Å². The Balaban J connectivity index is 1.62. The van der Waals surface area contributed by atoms with Gasteiger partial charge in [-0.3, -0.25) is 4.79 Å². The molecule has 0 fully saturated rings. The number of hydrogen-bond acceptors (Lipinski definition) is 3. The van der Waals surface area contributed by atoms with Gasteiger partial charge in [-0.25, -0.2) is 0 Å². The van der Waals surface area contributed by atoms with E-state index >= 15 is 0 Å². The second-order valence-corrected chi connectivity index (χ2v) is 7.45. The molecule has 0 aliphatic rings. The largest absolute Gasteiger partial charge is 0.497 e. The minimum Gasteiger partial charge on any atom is -0.497 e. The summed E-state index contributed by atoms with van der Waals surface area (Å²) in [5.74, 6) is 1.24. The van der Waals surface area contributed by atoms with Gasteiger partial charge in [-0.2, -0.15) is 0 Å². The molecule has 3 aromatic rings. The van der Waals surface area contributed by atoms with E-state index in [1.807, 2.05) is 24.4 Å². The molecule has 0 bridgehead atoms. The molecule has 1 heterocycles. The van der Waals surface area contributed by atoms with E-state index in [0.29, 0.717) is 17.3 Å². The number of rotatable bonds is 7. The molecule has 0 radical (unpaired) electrons. The highest BCUT2D eigenvalue weighted by Gasteiger charge is 2.25. The van der Waals surface area contributed by atoms with E-state index < -0.39 is 0 Å². The maximum Gasteiger partial charge on any atom is 0.257 e. The molecule has 0 saturated heterocycles. The maximum atomic E-state index is 12.2. The van der Waals surface area contributed by atoms with Crippen molar-refractivity contribution in [1.29, 1.82) is 0 Å². The van der Waals surface area contributed by atoms with E-state index in [-0.39, 0.29) is 17.9 Å². The van der Waals surface area contributed by atoms with Crippen LogP contribution in [0.4, 0.5) is 0 Å². The number of hydrogen-bond donors (Lipinski definition) is 2. The standard InChI is InChI=1S/C21H23ClN2O3/c1-21(2,18-11-23-19-9-8-16(26-3)10-17(18)19)13-24-20(25)12-27-15-6-4-14(22)5-7-15/h4-11,23H,12-13H2,1-3H3,(H,24,25). The number of nitrogens with one attached hydrogen (secondary N) is 2. The van der Waals surface area contributed by atoms with E-state index in [1.54, 1.807) is 31.4 Å². The van der Waals surface area contributed by atoms with Crippen LogP contribution in [0.5, 0.6) is 11.5 Å². The summed E-state index contributed by atoms with van der Waals surface area (Å²) in [6.07, 6.45) is 1.99. The summed E-state index contributed by atoms with van der Waals surface area (Å²) >= 11 is 5.84. The third-order valence-corrected chi connectivity index (χ3v) is 4.78. The first-order chi connectivity index (χ1) is 12.9. The molecule has 0 atom stereocenters. The van der Waals surface area contributed by atoms with Crippen molar-refractivity contribution in [3.05, 3.63) is 59.2 Å². The molecule has 1 amide bonds. The summed E-state index contributed by atoms with van der Waals surface area (Å²) in [6.45, 7) is 4.63. The van der Waals surface area contributed by atoms with Crippen LogP contribution in [-0.2, 0) is 10.2 Å². The molecule has 0 unspecified atom stereocenters. The molecule has 2 N–H and O–H groups in total. The number of H-pyrrole nitrogens is 1. The fraction of sp³-hybridized carbons (Fsp3) is 0.286. The fourth-order valence-corrected chi connectivity index (χ4v) is 3.06. The number of carbonyl (C=O) groups excluding carboxylic acids is 1. The Kier molecular flexibility index (Phi) is 5.61. The van der Waals surface area contributed by atoms with E-state index in [1.165, 1.54) is 0 Å². The van der Waals surface area contributed by atoms with Crippen molar-refractivity contribution in [2.75, 3.05) is 20.3 Å². The Morgan fingerprint density at radius 2 is 1.85 bits per heavy atom. The van der Waals surface area contributed by atoms with Crippen molar-refractivity contribution in [2.24, 2.45) is 0 Å². The number of amides is 1. The molecule has 142 valence electrons. The smallest absolute Gasteiger partial charge is 0.257 e. The first kappa shape index (κ1) is 19.1. The zero-order valence-corrected chi connectivity index (χ0v) is 16.4. The zero-order chi connectivity index (χ0) is 19.4. The molecule has 27 heavy (non-hydrogen) atoms. The number of aromatic nitrogens is 1. The minimum atomic E-state index is -0.263. The maximum absolute atomic E-state index is 12.2. The van der Waals surface area contributed by atoms with Crippen LogP contribution in [0, 0.1) is 0 Å². The van der Waals surface area contributed by atoms with Gasteiger partial charge in [0.05, 0.1) is 7.11 Å². The monoisotopic (exact) mass is 386 g/mol. The summed E-state index contributed by atoms with van der Waals surface area (Å²) in [4.78, 5) is 15.5. The number of aromatic amines is 1. The lowest BCUT2D eigenvalue weighted by Crippen LogP contribution is -2.38. The zero-order valence-electron chi connectivity index (χ0n) is 15.6. The number of benzene rings is 2. The first-order valence-electron chi connectivity index (χ1n) is 8.70. The summed E-state index contributed by atoms with van der Waals surface area (Å²) in [5.41, 5.74) is 1.90. The molecule has 2 aromatic carbocycles. The van der Waals surface area contributed by atoms with Crippen molar-refractivity contribution in [2.45, 2.75) is 19.3 Å². The molecular weight excluding hydrogens is 364 g/mol. The molecule has 0 saturated carbocycles. The third-order valence-electron chi connectivity index (χ3n) is 4.53. The minimum absolute atomic E-state index is 0.0422. The van der Waals surface area contributed by atoms with Crippen LogP contribution in [0.3, 0.4) is 0 Å². The molecule has 6 heteroatoms. The summed E-state index contributed by atoms with van der Waals surface area (Å²) in [7, 11) is 1.65. The molecule has 1 aromatic heterocycles. The molecule has 5 nitrogen and oxygen atoms in total. The number of ether oxygens (including phenoxy) is 2. The second kappa shape index (κ2) is 7.92. The Morgan fingerprint density at radius 3 is 2.56 bits per heavy atom. The van der Waals surface area contributed by atoms with Crippen LogP contribution in [0.15, 0.2) is 48.7 Å². The van der Waals surface area contributed by atoms with Crippen molar-refractivity contribution in [1.82, 2.24) is 10.3 Å². The molecule has 0 spiro atoms. The van der Waals surface area contributed by atoms with Crippen LogP contribution in [0.2, 0.25) is 5.02 Å². The number of carbonyl (C=O) groups is 1. The van der Waals surface area contributed by atoms with E-state index in [9.17, 15) is 4.79 Å². The van der Waals surface area contributed by atoms with Crippen molar-refractivity contribution >= 4 is 28.4 Å². The number of halogens is 1. The van der Waals surface area contributed by atoms with Gasteiger partial charge >= 0.3 is 0 Å². The quantitative estimate of drug-likeness (QED) is 0.636. The molecular formula is C21H23ClN2O3. The second-order valence-electron chi connectivity index (χ2n) is 7.02. The number of methoxy groups -OCH3 is 1. The van der Waals surface area contributed by atoms with Crippen LogP contribution in [0.25, 0.3) is 10.9 Å². The van der Waals surface area contributed by atoms with Gasteiger partial charge in [-0.05, 0) is 48.0 Å². The highest BCUT2D eigenvalue weighted by molar-refractivity contribution is 6.30. The predicted molar refractivity (Wildman–Crippen MR) is 108 cm³/mol. The average Bonchev–Trinajstić information content (AvgIpc) is 3.10. The molecule has 0 aliphatic heterocycles. The Bertz CT molecular complexity index is 932. The lowest BCUT2D eigenvalue weighted by Gasteiger charge is -2.25. The van der Waals surface area contributed by atoms with Crippen molar-refractivity contribution in [3.63, 3.8) is 0 Å². The molecule has 0 aliphatic carbocycles. The SMILES string of the molecule is COc1ccc2[nH]cc(C(C)(C)CNC(=O)COc3ccc(Cl)cc3)c2c1. The summed E-state index contributed by atoms with van der Waals surface area (Å²) in [5, 5.41) is 4.67. The van der Waals surface area contributed by atoms with Crippen LogP contribution < -0.4 is 14.8 Å². The van der Waals surface area contributed by atoms with Crippen molar-refractivity contribution in [3.8, 4) is 11.5 Å². The van der Waals surface area contributed by atoms with Gasteiger partial charge in [-0.15, -0.1) is 0 Å². The van der Waals surface area contributed by atoms with Crippen LogP contribution >= 0.6 is 11.6 Å². The van der Waals surface area contributed by atoms with Gasteiger partial charge in [0.2, 0.25) is 0 Å². The first-order valence-corrected chi connectivity index (χ1v) is 9.07. The van der Waals surface area contributed by atoms with Crippen molar-refractivity contribution < 1.29 is 14.3 Å². The molecule has 3 rings (SSSR count). The third kappa shape index (κ3) is 4.55. The summed E-state index contributed by atoms with van der Waals surface area (Å²) < 4.78 is 10.8. The van der Waals surface area contributed by atoms with E-state index in [0.717, 1.165) is 22.2 Å². The van der Waals surface area contributed by atoms with Gasteiger partial charge in [-0.1, -0.05) is 25.4 Å². The lowest BCUT2D eigenvalue weighted by atomic mass is 9.84.